The van der Waals surface area contributed by atoms with Crippen molar-refractivity contribution >= 4 is 39.5 Å². The Morgan fingerprint density at radius 1 is 1.21 bits per heavy atom. The van der Waals surface area contributed by atoms with Crippen molar-refractivity contribution in [3.8, 4) is 0 Å². The van der Waals surface area contributed by atoms with E-state index in [1.165, 1.54) is 10.4 Å². The maximum absolute atomic E-state index is 12.6. The van der Waals surface area contributed by atoms with Crippen LogP contribution in [0.2, 0.25) is 0 Å². The summed E-state index contributed by atoms with van der Waals surface area (Å²) in [5, 5.41) is 0. The van der Waals surface area contributed by atoms with Gasteiger partial charge in [-0.2, -0.15) is 4.31 Å². The van der Waals surface area contributed by atoms with E-state index in [0.717, 1.165) is 21.9 Å². The largest absolute Gasteiger partial charge is 0.305 e. The number of sulfonamides is 1. The minimum absolute atomic E-state index is 0.116. The molecule has 3 rings (SSSR count). The highest BCUT2D eigenvalue weighted by atomic mass is 32.2. The van der Waals surface area contributed by atoms with Crippen molar-refractivity contribution in [1.29, 1.82) is 0 Å². The first-order chi connectivity index (χ1) is 13.5. The summed E-state index contributed by atoms with van der Waals surface area (Å²) >= 11 is 1.72. The van der Waals surface area contributed by atoms with Crippen LogP contribution in [0.15, 0.2) is 58.6 Å². The topological polar surface area (TPSA) is 70.6 Å². The minimum Gasteiger partial charge on any atom is -0.305 e. The van der Waals surface area contributed by atoms with Crippen LogP contribution in [0, 0.1) is 0 Å². The molecule has 2 heterocycles. The molecule has 1 aliphatic rings. The van der Waals surface area contributed by atoms with E-state index >= 15 is 0 Å². The van der Waals surface area contributed by atoms with Gasteiger partial charge in [-0.1, -0.05) is 26.0 Å². The zero-order valence-corrected chi connectivity index (χ0v) is 17.5. The van der Waals surface area contributed by atoms with Gasteiger partial charge < -0.3 is 4.90 Å². The number of thioether (sulfide) groups is 1. The lowest BCUT2D eigenvalue weighted by Gasteiger charge is -2.27. The third-order valence-electron chi connectivity index (χ3n) is 4.53. The monoisotopic (exact) mass is 417 g/mol. The number of aromatic nitrogens is 1. The van der Waals surface area contributed by atoms with Crippen LogP contribution < -0.4 is 4.90 Å². The maximum atomic E-state index is 12.6. The predicted molar refractivity (Wildman–Crippen MR) is 113 cm³/mol. The van der Waals surface area contributed by atoms with Gasteiger partial charge in [0, 0.05) is 42.6 Å². The van der Waals surface area contributed by atoms with Gasteiger partial charge in [0.05, 0.1) is 16.8 Å². The summed E-state index contributed by atoms with van der Waals surface area (Å²) < 4.78 is 26.5. The Balaban J connectivity index is 1.74. The molecule has 6 nitrogen and oxygen atoms in total. The van der Waals surface area contributed by atoms with Crippen LogP contribution in [0.5, 0.6) is 0 Å². The predicted octanol–water partition coefficient (Wildman–Crippen LogP) is 3.26. The molecule has 0 unspecified atom stereocenters. The van der Waals surface area contributed by atoms with Crippen LogP contribution in [-0.2, 0) is 14.8 Å². The second-order valence-electron chi connectivity index (χ2n) is 6.17. The zero-order chi connectivity index (χ0) is 20.1. The first-order valence-corrected chi connectivity index (χ1v) is 11.6. The molecule has 0 saturated heterocycles. The van der Waals surface area contributed by atoms with E-state index in [0.29, 0.717) is 19.6 Å². The number of carbonyl (C=O) groups is 1. The van der Waals surface area contributed by atoms with Crippen molar-refractivity contribution in [2.24, 2.45) is 0 Å². The fourth-order valence-electron chi connectivity index (χ4n) is 3.02. The number of nitrogens with zero attached hydrogens (tertiary/aromatic N) is 3. The van der Waals surface area contributed by atoms with E-state index in [9.17, 15) is 13.2 Å². The molecule has 0 saturated carbocycles. The van der Waals surface area contributed by atoms with Crippen molar-refractivity contribution < 1.29 is 13.2 Å². The van der Waals surface area contributed by atoms with Crippen molar-refractivity contribution in [3.63, 3.8) is 0 Å². The molecule has 1 aromatic carbocycles. The van der Waals surface area contributed by atoms with Gasteiger partial charge in [0.1, 0.15) is 0 Å². The highest BCUT2D eigenvalue weighted by Crippen LogP contribution is 2.33. The van der Waals surface area contributed by atoms with Gasteiger partial charge in [-0.15, -0.1) is 11.8 Å². The lowest BCUT2D eigenvalue weighted by Crippen LogP contribution is -2.34. The van der Waals surface area contributed by atoms with Gasteiger partial charge in [0.2, 0.25) is 10.0 Å². The molecule has 0 aliphatic carbocycles. The molecule has 148 valence electrons. The maximum Gasteiger partial charge on any atom is 0.251 e. The molecular formula is C20H23N3O3S2. The number of carbonyl (C=O) groups excluding carboxylic acids is 1. The molecule has 0 bridgehead atoms. The van der Waals surface area contributed by atoms with Crippen LogP contribution in [0.3, 0.4) is 0 Å². The fraction of sp³-hybridized carbons (Fsp3) is 0.300. The number of amides is 1. The third-order valence-corrected chi connectivity index (χ3v) is 7.64. The van der Waals surface area contributed by atoms with E-state index in [4.69, 9.17) is 0 Å². The molecule has 2 aromatic rings. The molecule has 0 radical (unpaired) electrons. The Hall–Kier alpha value is -2.16. The Morgan fingerprint density at radius 3 is 2.61 bits per heavy atom. The van der Waals surface area contributed by atoms with Crippen molar-refractivity contribution in [3.05, 3.63) is 54.4 Å². The second kappa shape index (κ2) is 8.89. The number of benzene rings is 1. The SMILES string of the molecule is CCN(CC)S(=O)(=O)c1ccc(/C=C/C(=O)N2CCSc3ccncc32)cc1. The van der Waals surface area contributed by atoms with Crippen LogP contribution in [-0.4, -0.2) is 49.0 Å². The third kappa shape index (κ3) is 4.29. The standard InChI is InChI=1S/C20H23N3O3S2/c1-3-22(4-2)28(25,26)17-8-5-16(6-9-17)7-10-20(24)23-13-14-27-19-11-12-21-15-18(19)23/h5-12,15H,3-4,13-14H2,1-2H3/b10-7+. The smallest absolute Gasteiger partial charge is 0.251 e. The number of hydrogen-bond donors (Lipinski definition) is 0. The van der Waals surface area contributed by atoms with Crippen molar-refractivity contribution in [1.82, 2.24) is 9.29 Å². The summed E-state index contributed by atoms with van der Waals surface area (Å²) in [4.78, 5) is 19.8. The lowest BCUT2D eigenvalue weighted by molar-refractivity contribution is -0.114. The minimum atomic E-state index is -3.48. The number of rotatable bonds is 6. The quantitative estimate of drug-likeness (QED) is 0.675. The van der Waals surface area contributed by atoms with E-state index < -0.39 is 10.0 Å². The van der Waals surface area contributed by atoms with E-state index in [-0.39, 0.29) is 10.8 Å². The first-order valence-electron chi connectivity index (χ1n) is 9.14. The summed E-state index contributed by atoms with van der Waals surface area (Å²) in [6.45, 7) is 5.12. The summed E-state index contributed by atoms with van der Waals surface area (Å²) in [6.07, 6.45) is 6.65. The zero-order valence-electron chi connectivity index (χ0n) is 15.9. The van der Waals surface area contributed by atoms with Gasteiger partial charge >= 0.3 is 0 Å². The molecule has 1 aromatic heterocycles. The molecule has 28 heavy (non-hydrogen) atoms. The Kier molecular flexibility index (Phi) is 6.53. The normalized spacial score (nSPS) is 14.5. The summed E-state index contributed by atoms with van der Waals surface area (Å²) in [7, 11) is -3.48. The van der Waals surface area contributed by atoms with Crippen LogP contribution in [0.1, 0.15) is 19.4 Å². The van der Waals surface area contributed by atoms with Gasteiger partial charge in [-0.05, 0) is 29.8 Å². The van der Waals surface area contributed by atoms with Gasteiger partial charge in [0.25, 0.3) is 5.91 Å². The second-order valence-corrected chi connectivity index (χ2v) is 9.25. The molecule has 0 atom stereocenters. The number of hydrogen-bond acceptors (Lipinski definition) is 5. The number of pyridine rings is 1. The van der Waals surface area contributed by atoms with Crippen LogP contribution in [0.25, 0.3) is 6.08 Å². The summed E-state index contributed by atoms with van der Waals surface area (Å²) in [6, 6.07) is 8.49. The Labute approximate surface area is 170 Å². The van der Waals surface area contributed by atoms with E-state index in [1.807, 2.05) is 19.9 Å². The molecule has 0 spiro atoms. The average molecular weight is 418 g/mol. The Bertz CT molecular complexity index is 968. The van der Waals surface area contributed by atoms with E-state index in [2.05, 4.69) is 4.98 Å². The molecule has 8 heteroatoms. The molecule has 0 fully saturated rings. The van der Waals surface area contributed by atoms with Crippen molar-refractivity contribution in [2.75, 3.05) is 30.3 Å². The van der Waals surface area contributed by atoms with Gasteiger partial charge in [-0.25, -0.2) is 8.42 Å². The Morgan fingerprint density at radius 2 is 1.93 bits per heavy atom. The highest BCUT2D eigenvalue weighted by molar-refractivity contribution is 7.99. The lowest BCUT2D eigenvalue weighted by atomic mass is 10.2. The molecule has 0 N–H and O–H groups in total. The number of anilines is 1. The van der Waals surface area contributed by atoms with Gasteiger partial charge in [0.15, 0.2) is 0 Å². The van der Waals surface area contributed by atoms with Crippen molar-refractivity contribution in [2.45, 2.75) is 23.6 Å². The first kappa shape index (κ1) is 20.6. The highest BCUT2D eigenvalue weighted by Gasteiger charge is 2.22. The van der Waals surface area contributed by atoms with E-state index in [1.54, 1.807) is 59.4 Å². The van der Waals surface area contributed by atoms with Crippen LogP contribution >= 0.6 is 11.8 Å². The fourth-order valence-corrected chi connectivity index (χ4v) is 5.44. The summed E-state index contributed by atoms with van der Waals surface area (Å²) in [5.41, 5.74) is 1.60. The number of fused-ring (bicyclic) bond motifs is 1. The van der Waals surface area contributed by atoms with Crippen LogP contribution in [0.4, 0.5) is 5.69 Å². The van der Waals surface area contributed by atoms with Gasteiger partial charge in [-0.3, -0.25) is 9.78 Å². The molecular weight excluding hydrogens is 394 g/mol. The summed E-state index contributed by atoms with van der Waals surface area (Å²) in [5.74, 6) is 0.725. The molecule has 1 amide bonds. The molecule has 1 aliphatic heterocycles. The average Bonchev–Trinajstić information content (AvgIpc) is 2.72.